The third-order valence-electron chi connectivity index (χ3n) is 5.41. The van der Waals surface area contributed by atoms with E-state index in [2.05, 4.69) is 40.4 Å². The molecule has 3 heteroatoms. The molecule has 1 unspecified atom stereocenters. The molecule has 3 aliphatic heterocycles. The van der Waals surface area contributed by atoms with Crippen LogP contribution in [0.3, 0.4) is 0 Å². The normalized spacial score (nSPS) is 30.4. The standard InChI is InChI=1S/C17H25N3/c1-19-10-15-3-2-14(8-16(15)11-19)9-20-7-5-17(13-20)4-6-18-12-17/h2-3,8,18H,4-7,9-13H2,1H3. The highest BCUT2D eigenvalue weighted by atomic mass is 15.2. The molecule has 0 aromatic heterocycles. The van der Waals surface area contributed by atoms with Gasteiger partial charge in [-0.3, -0.25) is 9.80 Å². The Kier molecular flexibility index (Phi) is 3.09. The molecule has 1 aromatic carbocycles. The van der Waals surface area contributed by atoms with Crippen molar-refractivity contribution in [1.82, 2.24) is 15.1 Å². The topological polar surface area (TPSA) is 18.5 Å². The van der Waals surface area contributed by atoms with Crippen LogP contribution in [0.5, 0.6) is 0 Å². The monoisotopic (exact) mass is 271 g/mol. The Hall–Kier alpha value is -0.900. The van der Waals surface area contributed by atoms with Gasteiger partial charge >= 0.3 is 0 Å². The maximum Gasteiger partial charge on any atom is 0.0237 e. The van der Waals surface area contributed by atoms with Crippen LogP contribution < -0.4 is 5.32 Å². The van der Waals surface area contributed by atoms with Crippen LogP contribution in [0.25, 0.3) is 0 Å². The molecule has 4 rings (SSSR count). The summed E-state index contributed by atoms with van der Waals surface area (Å²) in [7, 11) is 2.21. The van der Waals surface area contributed by atoms with Crippen molar-refractivity contribution in [3.05, 3.63) is 34.9 Å². The molecule has 1 N–H and O–H groups in total. The van der Waals surface area contributed by atoms with Crippen molar-refractivity contribution < 1.29 is 0 Å². The van der Waals surface area contributed by atoms with Gasteiger partial charge in [-0.25, -0.2) is 0 Å². The molecule has 1 spiro atoms. The molecule has 3 heterocycles. The summed E-state index contributed by atoms with van der Waals surface area (Å²) in [4.78, 5) is 5.05. The Balaban J connectivity index is 1.44. The van der Waals surface area contributed by atoms with E-state index in [9.17, 15) is 0 Å². The number of nitrogens with one attached hydrogen (secondary N) is 1. The van der Waals surface area contributed by atoms with Gasteiger partial charge in [0.05, 0.1) is 0 Å². The SMILES string of the molecule is CN1Cc2ccc(CN3CCC4(CCNC4)C3)cc2C1. The highest BCUT2D eigenvalue weighted by molar-refractivity contribution is 5.34. The lowest BCUT2D eigenvalue weighted by atomic mass is 9.86. The average molecular weight is 271 g/mol. The van der Waals surface area contributed by atoms with Crippen molar-refractivity contribution >= 4 is 0 Å². The van der Waals surface area contributed by atoms with Gasteiger partial charge in [0.1, 0.15) is 0 Å². The van der Waals surface area contributed by atoms with E-state index in [1.54, 1.807) is 5.56 Å². The molecule has 108 valence electrons. The first kappa shape index (κ1) is 12.8. The van der Waals surface area contributed by atoms with E-state index in [0.717, 1.165) is 19.6 Å². The molecule has 1 aromatic rings. The maximum atomic E-state index is 3.55. The number of hydrogen-bond acceptors (Lipinski definition) is 3. The summed E-state index contributed by atoms with van der Waals surface area (Å²) in [5.41, 5.74) is 5.16. The molecular weight excluding hydrogens is 246 g/mol. The molecule has 0 bridgehead atoms. The summed E-state index contributed by atoms with van der Waals surface area (Å²) in [5.74, 6) is 0. The predicted molar refractivity (Wildman–Crippen MR) is 81.4 cm³/mol. The zero-order chi connectivity index (χ0) is 13.6. The first-order valence-electron chi connectivity index (χ1n) is 7.95. The average Bonchev–Trinajstić information content (AvgIpc) is 3.11. The summed E-state index contributed by atoms with van der Waals surface area (Å²) in [5, 5.41) is 3.55. The lowest BCUT2D eigenvalue weighted by Gasteiger charge is -2.23. The van der Waals surface area contributed by atoms with Crippen molar-refractivity contribution in [3.63, 3.8) is 0 Å². The fourth-order valence-electron chi connectivity index (χ4n) is 4.28. The van der Waals surface area contributed by atoms with Gasteiger partial charge in [0, 0.05) is 32.7 Å². The van der Waals surface area contributed by atoms with Crippen molar-refractivity contribution in [1.29, 1.82) is 0 Å². The number of benzene rings is 1. The number of likely N-dealkylation sites (tertiary alicyclic amines) is 1. The lowest BCUT2D eigenvalue weighted by Crippen LogP contribution is -2.28. The fraction of sp³-hybridized carbons (Fsp3) is 0.647. The summed E-state index contributed by atoms with van der Waals surface area (Å²) >= 11 is 0. The van der Waals surface area contributed by atoms with Gasteiger partial charge < -0.3 is 5.32 Å². The minimum Gasteiger partial charge on any atom is -0.316 e. The zero-order valence-corrected chi connectivity index (χ0v) is 12.5. The van der Waals surface area contributed by atoms with Gasteiger partial charge in [-0.15, -0.1) is 0 Å². The Labute approximate surface area is 121 Å². The van der Waals surface area contributed by atoms with Crippen LogP contribution in [0, 0.1) is 5.41 Å². The minimum atomic E-state index is 0.594. The third-order valence-corrected chi connectivity index (χ3v) is 5.41. The molecule has 3 aliphatic rings. The van der Waals surface area contributed by atoms with Crippen molar-refractivity contribution in [2.45, 2.75) is 32.5 Å². The lowest BCUT2D eigenvalue weighted by molar-refractivity contribution is 0.268. The summed E-state index contributed by atoms with van der Waals surface area (Å²) < 4.78 is 0. The van der Waals surface area contributed by atoms with Crippen LogP contribution >= 0.6 is 0 Å². The second-order valence-corrected chi connectivity index (χ2v) is 7.16. The van der Waals surface area contributed by atoms with E-state index < -0.39 is 0 Å². The van der Waals surface area contributed by atoms with Crippen LogP contribution in [0.1, 0.15) is 29.5 Å². The number of rotatable bonds is 2. The first-order valence-corrected chi connectivity index (χ1v) is 7.95. The van der Waals surface area contributed by atoms with Gasteiger partial charge in [0.15, 0.2) is 0 Å². The van der Waals surface area contributed by atoms with Crippen LogP contribution in [0.15, 0.2) is 18.2 Å². The van der Waals surface area contributed by atoms with E-state index in [4.69, 9.17) is 0 Å². The molecular formula is C17H25N3. The van der Waals surface area contributed by atoms with E-state index in [-0.39, 0.29) is 0 Å². The highest BCUT2D eigenvalue weighted by Gasteiger charge is 2.40. The van der Waals surface area contributed by atoms with E-state index in [1.807, 2.05) is 0 Å². The number of nitrogens with zero attached hydrogens (tertiary/aromatic N) is 2. The third kappa shape index (κ3) is 2.28. The van der Waals surface area contributed by atoms with Gasteiger partial charge in [-0.2, -0.15) is 0 Å². The fourth-order valence-corrected chi connectivity index (χ4v) is 4.28. The summed E-state index contributed by atoms with van der Waals surface area (Å²) in [6, 6.07) is 7.13. The second-order valence-electron chi connectivity index (χ2n) is 7.16. The molecule has 20 heavy (non-hydrogen) atoms. The van der Waals surface area contributed by atoms with Crippen LogP contribution in [-0.2, 0) is 19.6 Å². The van der Waals surface area contributed by atoms with Gasteiger partial charge in [0.25, 0.3) is 0 Å². The number of fused-ring (bicyclic) bond motifs is 1. The van der Waals surface area contributed by atoms with Crippen LogP contribution in [-0.4, -0.2) is 43.0 Å². The second kappa shape index (κ2) is 4.83. The molecule has 2 saturated heterocycles. The largest absolute Gasteiger partial charge is 0.316 e. The van der Waals surface area contributed by atoms with Gasteiger partial charge in [-0.1, -0.05) is 18.2 Å². The predicted octanol–water partition coefficient (Wildman–Crippen LogP) is 1.82. The zero-order valence-electron chi connectivity index (χ0n) is 12.5. The van der Waals surface area contributed by atoms with Crippen LogP contribution in [0.2, 0.25) is 0 Å². The van der Waals surface area contributed by atoms with Crippen molar-refractivity contribution in [2.24, 2.45) is 5.41 Å². The quantitative estimate of drug-likeness (QED) is 0.885. The Morgan fingerprint density at radius 1 is 1.20 bits per heavy atom. The molecule has 2 fully saturated rings. The molecule has 0 aliphatic carbocycles. The summed E-state index contributed by atoms with van der Waals surface area (Å²) in [6.45, 7) is 8.40. The molecule has 3 nitrogen and oxygen atoms in total. The first-order chi connectivity index (χ1) is 9.72. The van der Waals surface area contributed by atoms with Crippen molar-refractivity contribution in [2.75, 3.05) is 33.2 Å². The number of hydrogen-bond donors (Lipinski definition) is 1. The molecule has 1 atom stereocenters. The Morgan fingerprint density at radius 2 is 2.10 bits per heavy atom. The minimum absolute atomic E-state index is 0.594. The smallest absolute Gasteiger partial charge is 0.0237 e. The molecule has 0 radical (unpaired) electrons. The Morgan fingerprint density at radius 3 is 2.95 bits per heavy atom. The summed E-state index contributed by atoms with van der Waals surface area (Å²) in [6.07, 6.45) is 2.76. The van der Waals surface area contributed by atoms with Gasteiger partial charge in [-0.05, 0) is 55.1 Å². The van der Waals surface area contributed by atoms with E-state index in [1.165, 1.54) is 50.1 Å². The van der Waals surface area contributed by atoms with Gasteiger partial charge in [0.2, 0.25) is 0 Å². The van der Waals surface area contributed by atoms with Crippen LogP contribution in [0.4, 0.5) is 0 Å². The molecule has 0 amide bonds. The highest BCUT2D eigenvalue weighted by Crippen LogP contribution is 2.36. The molecule has 0 saturated carbocycles. The van der Waals surface area contributed by atoms with Crippen molar-refractivity contribution in [3.8, 4) is 0 Å². The Bertz CT molecular complexity index is 505. The maximum absolute atomic E-state index is 3.55. The van der Waals surface area contributed by atoms with E-state index in [0.29, 0.717) is 5.41 Å². The van der Waals surface area contributed by atoms with E-state index >= 15 is 0 Å².